The first-order valence-electron chi connectivity index (χ1n) is 13.1. The highest BCUT2D eigenvalue weighted by Crippen LogP contribution is 2.39. The lowest BCUT2D eigenvalue weighted by Crippen LogP contribution is -2.31. The Morgan fingerprint density at radius 3 is 2.35 bits per heavy atom. The monoisotopic (exact) mass is 570 g/mol. The number of hydrogen-bond donors (Lipinski definition) is 4. The Labute approximate surface area is 236 Å². The molecule has 0 unspecified atom stereocenters. The number of ether oxygens (including phenoxy) is 2. The number of benzene rings is 2. The van der Waals surface area contributed by atoms with E-state index in [1.165, 1.54) is 11.8 Å². The molecule has 2 aromatic carbocycles. The van der Waals surface area contributed by atoms with Gasteiger partial charge in [-0.15, -0.1) is 5.10 Å². The average Bonchev–Trinajstić information content (AvgIpc) is 3.40. The molecule has 1 aromatic heterocycles. The van der Waals surface area contributed by atoms with Gasteiger partial charge in [-0.2, -0.15) is 0 Å². The van der Waals surface area contributed by atoms with Crippen molar-refractivity contribution in [2.24, 2.45) is 7.05 Å². The standard InChI is InChI=1S/C27H34N6O6S/c1-33-27(29-31-32-33)40-17-22-15-23(19-9-7-18(16-34)8-10-19)39-26(38-22)20-11-13-21(14-12-20)28-24(35)5-3-2-4-6-25(36)30-37/h7-14,22-23,26,34,37H,2-6,15-17H2,1H3,(H,28,35)(H,30,36)/t22-,23+,26+/m1/s1. The van der Waals surface area contributed by atoms with Crippen molar-refractivity contribution in [1.82, 2.24) is 25.7 Å². The molecule has 40 heavy (non-hydrogen) atoms. The molecule has 1 fully saturated rings. The predicted molar refractivity (Wildman–Crippen MR) is 146 cm³/mol. The number of tetrazole rings is 1. The molecule has 2 heterocycles. The first-order valence-corrected chi connectivity index (χ1v) is 14.1. The second kappa shape index (κ2) is 14.9. The minimum Gasteiger partial charge on any atom is -0.392 e. The van der Waals surface area contributed by atoms with Gasteiger partial charge in [0.2, 0.25) is 17.0 Å². The number of aliphatic hydroxyl groups excluding tert-OH is 1. The molecule has 3 atom stereocenters. The number of nitrogens with one attached hydrogen (secondary N) is 2. The van der Waals surface area contributed by atoms with Gasteiger partial charge in [0, 0.05) is 43.3 Å². The Bertz CT molecular complexity index is 1240. The lowest BCUT2D eigenvalue weighted by molar-refractivity contribution is -0.245. The van der Waals surface area contributed by atoms with Crippen LogP contribution in [-0.4, -0.2) is 54.2 Å². The highest BCUT2D eigenvalue weighted by molar-refractivity contribution is 7.99. The molecular weight excluding hydrogens is 536 g/mol. The smallest absolute Gasteiger partial charge is 0.243 e. The molecule has 214 valence electrons. The van der Waals surface area contributed by atoms with Crippen molar-refractivity contribution in [3.63, 3.8) is 0 Å². The summed E-state index contributed by atoms with van der Waals surface area (Å²) in [5, 5.41) is 33.1. The second-order valence-electron chi connectivity index (χ2n) is 9.51. The summed E-state index contributed by atoms with van der Waals surface area (Å²) >= 11 is 1.52. The molecule has 12 nitrogen and oxygen atoms in total. The van der Waals surface area contributed by atoms with Gasteiger partial charge in [0.05, 0.1) is 18.8 Å². The number of hydrogen-bond acceptors (Lipinski definition) is 10. The zero-order chi connectivity index (χ0) is 28.3. The fraction of sp³-hybridized carbons (Fsp3) is 0.444. The van der Waals surface area contributed by atoms with Crippen LogP contribution < -0.4 is 10.8 Å². The van der Waals surface area contributed by atoms with Gasteiger partial charge in [-0.1, -0.05) is 54.6 Å². The molecule has 0 saturated carbocycles. The van der Waals surface area contributed by atoms with E-state index in [9.17, 15) is 14.7 Å². The third kappa shape index (κ3) is 8.57. The van der Waals surface area contributed by atoms with E-state index in [-0.39, 0.29) is 31.1 Å². The third-order valence-corrected chi connectivity index (χ3v) is 7.64. The van der Waals surface area contributed by atoms with Crippen LogP contribution in [0.15, 0.2) is 53.7 Å². The minimum absolute atomic E-state index is 0.0191. The highest BCUT2D eigenvalue weighted by atomic mass is 32.2. The van der Waals surface area contributed by atoms with Gasteiger partial charge in [0.25, 0.3) is 0 Å². The van der Waals surface area contributed by atoms with Crippen LogP contribution in [0.3, 0.4) is 0 Å². The van der Waals surface area contributed by atoms with Gasteiger partial charge < -0.3 is 19.9 Å². The van der Waals surface area contributed by atoms with E-state index >= 15 is 0 Å². The Kier molecular flexibility index (Phi) is 11.0. The number of rotatable bonds is 13. The third-order valence-electron chi connectivity index (χ3n) is 6.49. The predicted octanol–water partition coefficient (Wildman–Crippen LogP) is 3.43. The summed E-state index contributed by atoms with van der Waals surface area (Å²) in [6.45, 7) is -0.0191. The van der Waals surface area contributed by atoms with Crippen LogP contribution in [0, 0.1) is 0 Å². The number of nitrogens with zero attached hydrogens (tertiary/aromatic N) is 4. The molecule has 0 radical (unpaired) electrons. The summed E-state index contributed by atoms with van der Waals surface area (Å²) in [5.41, 5.74) is 4.93. The minimum atomic E-state index is -0.611. The number of unbranched alkanes of at least 4 members (excludes halogenated alkanes) is 2. The maximum absolute atomic E-state index is 12.3. The van der Waals surface area contributed by atoms with Crippen LogP contribution >= 0.6 is 11.8 Å². The van der Waals surface area contributed by atoms with Gasteiger partial charge in [-0.3, -0.25) is 14.8 Å². The first kappa shape index (κ1) is 29.6. The van der Waals surface area contributed by atoms with E-state index in [2.05, 4.69) is 20.8 Å². The largest absolute Gasteiger partial charge is 0.392 e. The van der Waals surface area contributed by atoms with Crippen molar-refractivity contribution < 1.29 is 29.4 Å². The molecular formula is C27H34N6O6S. The zero-order valence-corrected chi connectivity index (χ0v) is 23.0. The summed E-state index contributed by atoms with van der Waals surface area (Å²) in [6.07, 6.45) is 2.24. The molecule has 1 aliphatic heterocycles. The van der Waals surface area contributed by atoms with Crippen LogP contribution in [0.2, 0.25) is 0 Å². The quantitative estimate of drug-likeness (QED) is 0.104. The fourth-order valence-corrected chi connectivity index (χ4v) is 5.15. The molecule has 0 aliphatic carbocycles. The molecule has 3 aromatic rings. The molecule has 1 saturated heterocycles. The number of hydroxylamine groups is 1. The number of carbonyl (C=O) groups is 2. The van der Waals surface area contributed by atoms with Crippen molar-refractivity contribution in [3.8, 4) is 0 Å². The number of aryl methyl sites for hydroxylation is 1. The van der Waals surface area contributed by atoms with E-state index in [0.29, 0.717) is 48.7 Å². The lowest BCUT2D eigenvalue weighted by atomic mass is 10.0. The number of aliphatic hydroxyl groups is 1. The summed E-state index contributed by atoms with van der Waals surface area (Å²) in [7, 11) is 1.79. The Morgan fingerprint density at radius 1 is 1.00 bits per heavy atom. The zero-order valence-electron chi connectivity index (χ0n) is 22.2. The molecule has 0 spiro atoms. The molecule has 4 N–H and O–H groups in total. The normalized spacial score (nSPS) is 18.8. The van der Waals surface area contributed by atoms with Crippen molar-refractivity contribution in [2.75, 3.05) is 11.1 Å². The number of aromatic nitrogens is 4. The SMILES string of the molecule is Cn1nnnc1SC[C@H]1C[C@@H](c2ccc(CO)cc2)O[C@@H](c2ccc(NC(=O)CCCCCC(=O)NO)cc2)O1. The van der Waals surface area contributed by atoms with Gasteiger partial charge in [0.1, 0.15) is 0 Å². The Balaban J connectivity index is 1.36. The molecule has 1 aliphatic rings. The summed E-state index contributed by atoms with van der Waals surface area (Å²) in [6, 6.07) is 15.1. The van der Waals surface area contributed by atoms with E-state index < -0.39 is 12.2 Å². The average molecular weight is 571 g/mol. The van der Waals surface area contributed by atoms with Gasteiger partial charge >= 0.3 is 0 Å². The van der Waals surface area contributed by atoms with Crippen LogP contribution in [-0.2, 0) is 32.7 Å². The van der Waals surface area contributed by atoms with Gasteiger partial charge in [0.15, 0.2) is 6.29 Å². The second-order valence-corrected chi connectivity index (χ2v) is 10.5. The maximum Gasteiger partial charge on any atom is 0.243 e. The molecule has 4 rings (SSSR count). The van der Waals surface area contributed by atoms with E-state index in [0.717, 1.165) is 16.7 Å². The topological polar surface area (TPSA) is 161 Å². The van der Waals surface area contributed by atoms with Gasteiger partial charge in [-0.25, -0.2) is 10.2 Å². The number of amides is 2. The van der Waals surface area contributed by atoms with Crippen LogP contribution in [0.5, 0.6) is 0 Å². The van der Waals surface area contributed by atoms with Crippen molar-refractivity contribution >= 4 is 29.3 Å². The number of carbonyl (C=O) groups excluding carboxylic acids is 2. The van der Waals surface area contributed by atoms with Crippen LogP contribution in [0.25, 0.3) is 0 Å². The Morgan fingerprint density at radius 2 is 1.70 bits per heavy atom. The van der Waals surface area contributed by atoms with Crippen molar-refractivity contribution in [1.29, 1.82) is 0 Å². The molecule has 0 bridgehead atoms. The van der Waals surface area contributed by atoms with Crippen LogP contribution in [0.4, 0.5) is 5.69 Å². The van der Waals surface area contributed by atoms with E-state index in [1.807, 2.05) is 48.5 Å². The van der Waals surface area contributed by atoms with Crippen LogP contribution in [0.1, 0.15) is 67.6 Å². The molecule has 2 amide bonds. The Hall–Kier alpha value is -3.36. The summed E-state index contributed by atoms with van der Waals surface area (Å²) in [4.78, 5) is 23.4. The fourth-order valence-electron chi connectivity index (χ4n) is 4.28. The van der Waals surface area contributed by atoms with Crippen molar-refractivity contribution in [3.05, 3.63) is 65.2 Å². The highest BCUT2D eigenvalue weighted by Gasteiger charge is 2.32. The summed E-state index contributed by atoms with van der Waals surface area (Å²) in [5.74, 6) is 0.110. The number of thioether (sulfide) groups is 1. The van der Waals surface area contributed by atoms with Gasteiger partial charge in [-0.05, 0) is 46.5 Å². The van der Waals surface area contributed by atoms with Crippen molar-refractivity contribution in [2.45, 2.75) is 68.8 Å². The number of anilines is 1. The maximum atomic E-state index is 12.3. The molecule has 13 heteroatoms. The van der Waals surface area contributed by atoms with E-state index in [1.54, 1.807) is 17.2 Å². The van der Waals surface area contributed by atoms with E-state index in [4.69, 9.17) is 14.7 Å². The first-order chi connectivity index (χ1) is 19.4. The summed E-state index contributed by atoms with van der Waals surface area (Å²) < 4.78 is 14.3. The lowest BCUT2D eigenvalue weighted by Gasteiger charge is -2.36.